The van der Waals surface area contributed by atoms with Crippen LogP contribution in [0.3, 0.4) is 0 Å². The van der Waals surface area contributed by atoms with Crippen LogP contribution >= 0.6 is 0 Å². The van der Waals surface area contributed by atoms with Gasteiger partial charge in [-0.1, -0.05) is 66.7 Å². The Morgan fingerprint density at radius 1 is 1.17 bits per heavy atom. The van der Waals surface area contributed by atoms with E-state index in [-0.39, 0.29) is 0 Å². The van der Waals surface area contributed by atoms with E-state index >= 15 is 0 Å². The summed E-state index contributed by atoms with van der Waals surface area (Å²) >= 11 is 0. The second kappa shape index (κ2) is 7.56. The van der Waals surface area contributed by atoms with Crippen LogP contribution in [0, 0.1) is 23.2 Å². The minimum atomic E-state index is 0.663. The summed E-state index contributed by atoms with van der Waals surface area (Å²) in [5.41, 5.74) is 0.663. The molecule has 0 amide bonds. The average molecular weight is 252 g/mol. The highest BCUT2D eigenvalue weighted by Crippen LogP contribution is 2.43. The lowest BCUT2D eigenvalue weighted by molar-refractivity contribution is 0.138. The first kappa shape index (κ1) is 16.1. The summed E-state index contributed by atoms with van der Waals surface area (Å²) in [5.74, 6) is 2.82. The summed E-state index contributed by atoms with van der Waals surface area (Å²) in [6, 6.07) is 0. The van der Waals surface area contributed by atoms with E-state index in [1.54, 1.807) is 0 Å². The Balaban J connectivity index is 2.30. The molecule has 0 saturated heterocycles. The van der Waals surface area contributed by atoms with E-state index < -0.39 is 0 Å². The first-order valence-electron chi connectivity index (χ1n) is 8.47. The Labute approximate surface area is 116 Å². The molecule has 1 aliphatic rings. The fourth-order valence-electron chi connectivity index (χ4n) is 3.82. The minimum absolute atomic E-state index is 0.663. The van der Waals surface area contributed by atoms with Gasteiger partial charge in [0, 0.05) is 0 Å². The van der Waals surface area contributed by atoms with Crippen LogP contribution < -0.4 is 0 Å². The second-order valence-electron chi connectivity index (χ2n) is 7.65. The molecule has 1 rings (SSSR count). The quantitative estimate of drug-likeness (QED) is 0.488. The number of hydrogen-bond donors (Lipinski definition) is 0. The number of rotatable bonds is 7. The molecule has 0 nitrogen and oxygen atoms in total. The summed E-state index contributed by atoms with van der Waals surface area (Å²) in [6.07, 6.45) is 13.0. The van der Waals surface area contributed by atoms with Crippen molar-refractivity contribution in [2.45, 2.75) is 92.4 Å². The van der Waals surface area contributed by atoms with Crippen molar-refractivity contribution in [2.75, 3.05) is 0 Å². The van der Waals surface area contributed by atoms with Crippen LogP contribution in [-0.2, 0) is 0 Å². The second-order valence-corrected chi connectivity index (χ2v) is 7.65. The highest BCUT2D eigenvalue weighted by molar-refractivity contribution is 4.82. The van der Waals surface area contributed by atoms with Gasteiger partial charge in [-0.15, -0.1) is 0 Å². The average Bonchev–Trinajstić information content (AvgIpc) is 2.32. The van der Waals surface area contributed by atoms with Crippen LogP contribution in [0.2, 0.25) is 0 Å². The topological polar surface area (TPSA) is 0 Å². The molecule has 0 N–H and O–H groups in total. The van der Waals surface area contributed by atoms with Crippen molar-refractivity contribution in [2.24, 2.45) is 23.2 Å². The van der Waals surface area contributed by atoms with Gasteiger partial charge in [-0.3, -0.25) is 0 Å². The van der Waals surface area contributed by atoms with Crippen LogP contribution in [0.5, 0.6) is 0 Å². The summed E-state index contributed by atoms with van der Waals surface area (Å²) in [4.78, 5) is 0. The maximum Gasteiger partial charge on any atom is -0.0323 e. The maximum atomic E-state index is 2.55. The van der Waals surface area contributed by atoms with E-state index in [0.717, 1.165) is 17.8 Å². The predicted molar refractivity (Wildman–Crippen MR) is 82.8 cm³/mol. The summed E-state index contributed by atoms with van der Waals surface area (Å²) in [5, 5.41) is 0. The largest absolute Gasteiger partial charge is 0.0654 e. The standard InChI is InChI=1S/C18H36/c1-6-7-10-16(3)17(4)11-13-18(5)12-8-9-15(2)14-18/h15-17H,6-14H2,1-5H3/t15-,16?,17-,18+/m0/s1. The van der Waals surface area contributed by atoms with Gasteiger partial charge < -0.3 is 0 Å². The highest BCUT2D eigenvalue weighted by atomic mass is 14.4. The van der Waals surface area contributed by atoms with E-state index in [9.17, 15) is 0 Å². The SMILES string of the molecule is CCCCC(C)[C@@H](C)CC[C@@]1(C)CCC[C@H](C)C1. The molecule has 0 heteroatoms. The number of unbranched alkanes of at least 4 members (excludes halogenated alkanes) is 1. The third-order valence-corrected chi connectivity index (χ3v) is 5.51. The molecule has 1 aliphatic carbocycles. The predicted octanol–water partition coefficient (Wildman–Crippen LogP) is 6.45. The van der Waals surface area contributed by atoms with E-state index in [1.165, 1.54) is 57.8 Å². The van der Waals surface area contributed by atoms with Crippen LogP contribution in [0.25, 0.3) is 0 Å². The zero-order valence-electron chi connectivity index (χ0n) is 13.6. The molecule has 0 aromatic carbocycles. The Hall–Kier alpha value is 0. The molecule has 0 aliphatic heterocycles. The fraction of sp³-hybridized carbons (Fsp3) is 1.00. The van der Waals surface area contributed by atoms with Gasteiger partial charge in [-0.25, -0.2) is 0 Å². The highest BCUT2D eigenvalue weighted by Gasteiger charge is 2.30. The van der Waals surface area contributed by atoms with Crippen LogP contribution in [0.4, 0.5) is 0 Å². The Bertz CT molecular complexity index is 220. The van der Waals surface area contributed by atoms with E-state index in [1.807, 2.05) is 0 Å². The molecule has 1 saturated carbocycles. The molecular weight excluding hydrogens is 216 g/mol. The van der Waals surface area contributed by atoms with Crippen molar-refractivity contribution in [3.63, 3.8) is 0 Å². The van der Waals surface area contributed by atoms with Gasteiger partial charge in [0.25, 0.3) is 0 Å². The third-order valence-electron chi connectivity index (χ3n) is 5.51. The third kappa shape index (κ3) is 5.33. The zero-order valence-corrected chi connectivity index (χ0v) is 13.6. The first-order valence-corrected chi connectivity index (χ1v) is 8.47. The molecule has 0 spiro atoms. The monoisotopic (exact) mass is 252 g/mol. The Kier molecular flexibility index (Phi) is 6.74. The molecule has 1 unspecified atom stereocenters. The lowest BCUT2D eigenvalue weighted by atomic mass is 9.68. The maximum absolute atomic E-state index is 2.55. The smallest absolute Gasteiger partial charge is 0.0323 e. The summed E-state index contributed by atoms with van der Waals surface area (Å²) < 4.78 is 0. The van der Waals surface area contributed by atoms with Crippen molar-refractivity contribution in [3.8, 4) is 0 Å². The van der Waals surface area contributed by atoms with Crippen molar-refractivity contribution < 1.29 is 0 Å². The lowest BCUT2D eigenvalue weighted by Crippen LogP contribution is -2.25. The van der Waals surface area contributed by atoms with Gasteiger partial charge in [-0.05, 0) is 48.9 Å². The lowest BCUT2D eigenvalue weighted by Gasteiger charge is -2.38. The zero-order chi connectivity index (χ0) is 13.6. The van der Waals surface area contributed by atoms with Crippen molar-refractivity contribution in [3.05, 3.63) is 0 Å². The summed E-state index contributed by atoms with van der Waals surface area (Å²) in [6.45, 7) is 12.3. The van der Waals surface area contributed by atoms with E-state index in [4.69, 9.17) is 0 Å². The molecule has 0 bridgehead atoms. The van der Waals surface area contributed by atoms with Crippen LogP contribution in [0.15, 0.2) is 0 Å². The molecule has 0 aromatic heterocycles. The van der Waals surface area contributed by atoms with Crippen LogP contribution in [-0.4, -0.2) is 0 Å². The Morgan fingerprint density at radius 3 is 2.44 bits per heavy atom. The molecule has 108 valence electrons. The minimum Gasteiger partial charge on any atom is -0.0654 e. The van der Waals surface area contributed by atoms with Gasteiger partial charge in [0.2, 0.25) is 0 Å². The number of hydrogen-bond acceptors (Lipinski definition) is 0. The van der Waals surface area contributed by atoms with Gasteiger partial charge in [0.05, 0.1) is 0 Å². The molecule has 0 heterocycles. The van der Waals surface area contributed by atoms with Crippen molar-refractivity contribution in [1.29, 1.82) is 0 Å². The molecule has 1 fully saturated rings. The summed E-state index contributed by atoms with van der Waals surface area (Å²) in [7, 11) is 0. The Morgan fingerprint density at radius 2 is 1.83 bits per heavy atom. The first-order chi connectivity index (χ1) is 8.47. The molecule has 0 radical (unpaired) electrons. The normalized spacial score (nSPS) is 32.2. The molecule has 18 heavy (non-hydrogen) atoms. The fourth-order valence-corrected chi connectivity index (χ4v) is 3.82. The van der Waals surface area contributed by atoms with Gasteiger partial charge in [0.1, 0.15) is 0 Å². The molecule has 0 aromatic rings. The van der Waals surface area contributed by atoms with E-state index in [2.05, 4.69) is 34.6 Å². The molecule has 4 atom stereocenters. The van der Waals surface area contributed by atoms with Gasteiger partial charge in [0.15, 0.2) is 0 Å². The molecular formula is C18H36. The van der Waals surface area contributed by atoms with Crippen LogP contribution in [0.1, 0.15) is 92.4 Å². The van der Waals surface area contributed by atoms with Crippen molar-refractivity contribution >= 4 is 0 Å². The van der Waals surface area contributed by atoms with E-state index in [0.29, 0.717) is 5.41 Å². The van der Waals surface area contributed by atoms with Gasteiger partial charge in [-0.2, -0.15) is 0 Å². The van der Waals surface area contributed by atoms with Gasteiger partial charge >= 0.3 is 0 Å². The van der Waals surface area contributed by atoms with Crippen molar-refractivity contribution in [1.82, 2.24) is 0 Å².